The van der Waals surface area contributed by atoms with Gasteiger partial charge in [0.2, 0.25) is 0 Å². The molecule has 1 aromatic heterocycles. The summed E-state index contributed by atoms with van der Waals surface area (Å²) < 4.78 is 6.11. The smallest absolute Gasteiger partial charge is 0.135 e. The molecule has 0 fully saturated rings. The zero-order valence-corrected chi connectivity index (χ0v) is 11.3. The number of para-hydroxylation sites is 1. The van der Waals surface area contributed by atoms with E-state index in [-0.39, 0.29) is 0 Å². The summed E-state index contributed by atoms with van der Waals surface area (Å²) in [5.41, 5.74) is 4.88. The Bertz CT molecular complexity index is 869. The molecule has 98 valence electrons. The normalized spacial score (nSPS) is 14.1. The van der Waals surface area contributed by atoms with E-state index in [2.05, 4.69) is 54.6 Å². The molecule has 0 atom stereocenters. The molecule has 1 aliphatic carbocycles. The highest BCUT2D eigenvalue weighted by Crippen LogP contribution is 2.17. The number of hydrogen-bond acceptors (Lipinski definition) is 1. The number of hydrogen-bond donors (Lipinski definition) is 0. The highest BCUT2D eigenvalue weighted by Gasteiger charge is 2.11. The van der Waals surface area contributed by atoms with E-state index in [0.29, 0.717) is 0 Å². The van der Waals surface area contributed by atoms with Crippen molar-refractivity contribution < 1.29 is 4.42 Å². The van der Waals surface area contributed by atoms with Gasteiger partial charge in [-0.15, -0.1) is 0 Å². The molecule has 0 aliphatic heterocycles. The largest absolute Gasteiger partial charge is 0.456 e. The summed E-state index contributed by atoms with van der Waals surface area (Å²) in [5, 5.41) is 2.53. The van der Waals surface area contributed by atoms with Gasteiger partial charge in [0, 0.05) is 10.6 Å². The van der Waals surface area contributed by atoms with Gasteiger partial charge >= 0.3 is 0 Å². The second kappa shape index (κ2) is 4.68. The summed E-state index contributed by atoms with van der Waals surface area (Å²) in [6.45, 7) is 0. The third kappa shape index (κ3) is 1.87. The van der Waals surface area contributed by atoms with Gasteiger partial charge in [-0.2, -0.15) is 0 Å². The van der Waals surface area contributed by atoms with Crippen LogP contribution in [0.5, 0.6) is 0 Å². The van der Waals surface area contributed by atoms with Crippen LogP contribution in [0.4, 0.5) is 0 Å². The molecule has 4 rings (SSSR count). The van der Waals surface area contributed by atoms with Crippen LogP contribution in [0.25, 0.3) is 22.6 Å². The van der Waals surface area contributed by atoms with Gasteiger partial charge in [-0.05, 0) is 36.5 Å². The summed E-state index contributed by atoms with van der Waals surface area (Å²) in [6, 6.07) is 19.0. The third-order valence-electron chi connectivity index (χ3n) is 4.01. The standard InChI is InChI=1S/C19H16O/c1-2-7-14(8-3-1)13-15-9-6-11-17-16-10-4-5-12-18(16)20-19(15)17/h1-5,7-8,10-12H,6,9,13H2. The number of furan rings is 1. The molecule has 20 heavy (non-hydrogen) atoms. The zero-order chi connectivity index (χ0) is 13.4. The Morgan fingerprint density at radius 1 is 0.900 bits per heavy atom. The second-order valence-corrected chi connectivity index (χ2v) is 5.35. The van der Waals surface area contributed by atoms with Gasteiger partial charge in [0.25, 0.3) is 0 Å². The van der Waals surface area contributed by atoms with Crippen LogP contribution >= 0.6 is 0 Å². The molecule has 1 nitrogen and oxygen atoms in total. The molecule has 1 heteroatoms. The van der Waals surface area contributed by atoms with Crippen LogP contribution in [-0.4, -0.2) is 0 Å². The predicted octanol–water partition coefficient (Wildman–Crippen LogP) is 3.40. The molecule has 0 bridgehead atoms. The summed E-state index contributed by atoms with van der Waals surface area (Å²) in [5.74, 6) is 0. The van der Waals surface area contributed by atoms with E-state index in [1.165, 1.54) is 21.7 Å². The fourth-order valence-corrected chi connectivity index (χ4v) is 3.05. The highest BCUT2D eigenvalue weighted by molar-refractivity contribution is 5.80. The molecule has 0 saturated heterocycles. The molecular formula is C19H16O. The van der Waals surface area contributed by atoms with Gasteiger partial charge in [-0.25, -0.2) is 0 Å². The van der Waals surface area contributed by atoms with Gasteiger partial charge in [-0.1, -0.05) is 54.6 Å². The molecule has 0 radical (unpaired) electrons. The Hall–Kier alpha value is -2.28. The average Bonchev–Trinajstić information content (AvgIpc) is 2.88. The van der Waals surface area contributed by atoms with Gasteiger partial charge in [-0.3, -0.25) is 0 Å². The van der Waals surface area contributed by atoms with Crippen molar-refractivity contribution in [3.05, 3.63) is 70.8 Å². The Morgan fingerprint density at radius 2 is 1.70 bits per heavy atom. The molecule has 2 aromatic carbocycles. The SMILES string of the molecule is C1=c2c(oc3ccccc23)=C(Cc2ccccc2)CC1. The van der Waals surface area contributed by atoms with Crippen LogP contribution in [0.1, 0.15) is 18.4 Å². The Labute approximate surface area is 117 Å². The van der Waals surface area contributed by atoms with Crippen molar-refractivity contribution in [2.45, 2.75) is 19.3 Å². The van der Waals surface area contributed by atoms with Crippen molar-refractivity contribution in [3.8, 4) is 0 Å². The number of benzene rings is 2. The van der Waals surface area contributed by atoms with Gasteiger partial charge < -0.3 is 4.42 Å². The van der Waals surface area contributed by atoms with Gasteiger partial charge in [0.15, 0.2) is 0 Å². The molecule has 0 amide bonds. The van der Waals surface area contributed by atoms with Crippen LogP contribution in [-0.2, 0) is 6.42 Å². The minimum atomic E-state index is 0.988. The average molecular weight is 260 g/mol. The zero-order valence-electron chi connectivity index (χ0n) is 11.3. The summed E-state index contributed by atoms with van der Waals surface area (Å²) in [7, 11) is 0. The van der Waals surface area contributed by atoms with Crippen LogP contribution in [0, 0.1) is 0 Å². The first-order valence-electron chi connectivity index (χ1n) is 7.15. The van der Waals surface area contributed by atoms with Crippen LogP contribution in [0.3, 0.4) is 0 Å². The lowest BCUT2D eigenvalue weighted by Gasteiger charge is -2.08. The van der Waals surface area contributed by atoms with E-state index < -0.39 is 0 Å². The summed E-state index contributed by atoms with van der Waals surface area (Å²) in [6.07, 6.45) is 5.51. The minimum absolute atomic E-state index is 0.988. The van der Waals surface area contributed by atoms with Crippen LogP contribution < -0.4 is 10.6 Å². The summed E-state index contributed by atoms with van der Waals surface area (Å²) >= 11 is 0. The number of fused-ring (bicyclic) bond motifs is 3. The summed E-state index contributed by atoms with van der Waals surface area (Å²) in [4.78, 5) is 0. The van der Waals surface area contributed by atoms with Crippen molar-refractivity contribution >= 4 is 22.6 Å². The van der Waals surface area contributed by atoms with Crippen molar-refractivity contribution in [1.29, 1.82) is 0 Å². The molecule has 1 aliphatic rings. The van der Waals surface area contributed by atoms with Gasteiger partial charge in [0.1, 0.15) is 11.0 Å². The maximum absolute atomic E-state index is 6.11. The second-order valence-electron chi connectivity index (χ2n) is 5.35. The first-order valence-corrected chi connectivity index (χ1v) is 7.15. The van der Waals surface area contributed by atoms with Crippen LogP contribution in [0.15, 0.2) is 59.0 Å². The fraction of sp³-hybridized carbons (Fsp3) is 0.158. The lowest BCUT2D eigenvalue weighted by Crippen LogP contribution is -2.26. The van der Waals surface area contributed by atoms with E-state index in [1.807, 2.05) is 6.07 Å². The molecule has 0 spiro atoms. The predicted molar refractivity (Wildman–Crippen MR) is 82.7 cm³/mol. The van der Waals surface area contributed by atoms with Crippen molar-refractivity contribution in [1.82, 2.24) is 0 Å². The first-order chi connectivity index (χ1) is 9.92. The highest BCUT2D eigenvalue weighted by atomic mass is 16.3. The third-order valence-corrected chi connectivity index (χ3v) is 4.01. The van der Waals surface area contributed by atoms with Crippen molar-refractivity contribution in [3.63, 3.8) is 0 Å². The Morgan fingerprint density at radius 3 is 2.60 bits per heavy atom. The Balaban J connectivity index is 1.93. The van der Waals surface area contributed by atoms with Crippen molar-refractivity contribution in [2.24, 2.45) is 0 Å². The molecule has 0 N–H and O–H groups in total. The van der Waals surface area contributed by atoms with E-state index in [4.69, 9.17) is 4.42 Å². The molecular weight excluding hydrogens is 244 g/mol. The number of rotatable bonds is 2. The Kier molecular flexibility index (Phi) is 2.70. The quantitative estimate of drug-likeness (QED) is 0.688. The molecule has 0 unspecified atom stereocenters. The van der Waals surface area contributed by atoms with E-state index in [1.54, 1.807) is 0 Å². The van der Waals surface area contributed by atoms with Crippen molar-refractivity contribution in [2.75, 3.05) is 0 Å². The lowest BCUT2D eigenvalue weighted by molar-refractivity contribution is 0.565. The monoisotopic (exact) mass is 260 g/mol. The maximum atomic E-state index is 6.11. The fourth-order valence-electron chi connectivity index (χ4n) is 3.05. The molecule has 3 aromatic rings. The maximum Gasteiger partial charge on any atom is 0.135 e. The molecule has 1 heterocycles. The topological polar surface area (TPSA) is 13.1 Å². The molecule has 0 saturated carbocycles. The lowest BCUT2D eigenvalue weighted by atomic mass is 9.97. The first kappa shape index (κ1) is 11.5. The minimum Gasteiger partial charge on any atom is -0.456 e. The van der Waals surface area contributed by atoms with E-state index in [9.17, 15) is 0 Å². The van der Waals surface area contributed by atoms with Gasteiger partial charge in [0.05, 0.1) is 0 Å². The van der Waals surface area contributed by atoms with Crippen LogP contribution in [0.2, 0.25) is 0 Å². The van der Waals surface area contributed by atoms with E-state index in [0.717, 1.165) is 30.3 Å². The van der Waals surface area contributed by atoms with E-state index >= 15 is 0 Å².